The third-order valence-corrected chi connectivity index (χ3v) is 2.21. The Bertz CT molecular complexity index is 477. The summed E-state index contributed by atoms with van der Waals surface area (Å²) >= 11 is 0.980. The molecule has 14 heavy (non-hydrogen) atoms. The minimum atomic E-state index is -4.61. The maximum Gasteiger partial charge on any atom is 0.451 e. The lowest BCUT2D eigenvalue weighted by Gasteiger charge is -2.04. The highest BCUT2D eigenvalue weighted by Gasteiger charge is 2.35. The molecule has 2 heterocycles. The molecule has 0 amide bonds. The molecule has 0 saturated carbocycles. The molecule has 0 aliphatic heterocycles. The van der Waals surface area contributed by atoms with Crippen LogP contribution in [0.15, 0.2) is 0 Å². The Labute approximate surface area is 79.6 Å². The Morgan fingerprint density at radius 1 is 1.29 bits per heavy atom. The summed E-state index contributed by atoms with van der Waals surface area (Å²) in [5, 5.41) is 0. The average molecular weight is 219 g/mol. The normalized spacial score (nSPS) is 12.2. The number of fused-ring (bicyclic) bond motifs is 1. The van der Waals surface area contributed by atoms with Crippen molar-refractivity contribution in [3.63, 3.8) is 0 Å². The zero-order chi connectivity index (χ0) is 10.3. The summed E-state index contributed by atoms with van der Waals surface area (Å²) in [5.41, 5.74) is 7.62. The molecule has 1 radical (unpaired) electrons. The molecular formula is C6H2F3N4S. The van der Waals surface area contributed by atoms with Gasteiger partial charge in [-0.3, -0.25) is 0 Å². The Morgan fingerprint density at radius 2 is 2.00 bits per heavy atom. The molecule has 0 fully saturated rings. The quantitative estimate of drug-likeness (QED) is 0.729. The summed E-state index contributed by atoms with van der Waals surface area (Å²) in [7, 11) is 0. The predicted octanol–water partition coefficient (Wildman–Crippen LogP) is 1.49. The van der Waals surface area contributed by atoms with E-state index in [9.17, 15) is 13.2 Å². The van der Waals surface area contributed by atoms with Crippen LogP contribution in [-0.2, 0) is 6.18 Å². The van der Waals surface area contributed by atoms with Crippen LogP contribution in [0, 0.1) is 5.51 Å². The summed E-state index contributed by atoms with van der Waals surface area (Å²) in [6, 6.07) is 0. The van der Waals surface area contributed by atoms with Gasteiger partial charge in [-0.25, -0.2) is 15.0 Å². The first-order valence-electron chi connectivity index (χ1n) is 3.36. The van der Waals surface area contributed by atoms with Gasteiger partial charge in [-0.15, -0.1) is 11.3 Å². The van der Waals surface area contributed by atoms with Crippen LogP contribution in [0.1, 0.15) is 5.82 Å². The molecule has 2 aromatic rings. The second kappa shape index (κ2) is 2.77. The molecule has 8 heteroatoms. The number of nitrogens with zero attached hydrogens (tertiary/aromatic N) is 3. The third kappa shape index (κ3) is 1.37. The Kier molecular flexibility index (Phi) is 1.81. The van der Waals surface area contributed by atoms with Gasteiger partial charge in [-0.05, 0) is 0 Å². The number of anilines is 1. The van der Waals surface area contributed by atoms with Crippen molar-refractivity contribution in [3.05, 3.63) is 11.3 Å². The van der Waals surface area contributed by atoms with Crippen LogP contribution in [0.25, 0.3) is 10.3 Å². The van der Waals surface area contributed by atoms with Gasteiger partial charge in [-0.1, -0.05) is 0 Å². The number of aromatic nitrogens is 3. The van der Waals surface area contributed by atoms with Gasteiger partial charge in [0.15, 0.2) is 11.2 Å². The third-order valence-electron chi connectivity index (χ3n) is 1.43. The van der Waals surface area contributed by atoms with E-state index >= 15 is 0 Å². The lowest BCUT2D eigenvalue weighted by atomic mass is 10.5. The van der Waals surface area contributed by atoms with Crippen LogP contribution in [0.2, 0.25) is 0 Å². The van der Waals surface area contributed by atoms with Crippen LogP contribution in [0.3, 0.4) is 0 Å². The molecule has 2 aromatic heterocycles. The van der Waals surface area contributed by atoms with Gasteiger partial charge in [-0.2, -0.15) is 13.2 Å². The number of alkyl halides is 3. The zero-order valence-corrected chi connectivity index (χ0v) is 7.28. The molecule has 2 rings (SSSR count). The molecular weight excluding hydrogens is 217 g/mol. The SMILES string of the molecule is Nc1nc(C(F)(F)F)nc2n[c]sc12. The number of nitrogen functional groups attached to an aromatic ring is 1. The summed E-state index contributed by atoms with van der Waals surface area (Å²) in [6.45, 7) is 0. The van der Waals surface area contributed by atoms with E-state index < -0.39 is 12.0 Å². The van der Waals surface area contributed by atoms with Crippen molar-refractivity contribution < 1.29 is 13.2 Å². The molecule has 0 saturated heterocycles. The molecule has 0 unspecified atom stereocenters. The van der Waals surface area contributed by atoms with Gasteiger partial charge in [0, 0.05) is 0 Å². The van der Waals surface area contributed by atoms with Crippen molar-refractivity contribution in [2.24, 2.45) is 0 Å². The van der Waals surface area contributed by atoms with Crippen molar-refractivity contribution in [1.82, 2.24) is 15.0 Å². The molecule has 73 valence electrons. The molecule has 2 N–H and O–H groups in total. The molecule has 0 atom stereocenters. The minimum absolute atomic E-state index is 0.0742. The largest absolute Gasteiger partial charge is 0.451 e. The summed E-state index contributed by atoms with van der Waals surface area (Å²) in [4.78, 5) is 9.87. The first kappa shape index (κ1) is 9.13. The van der Waals surface area contributed by atoms with Crippen molar-refractivity contribution in [1.29, 1.82) is 0 Å². The Hall–Kier alpha value is -1.44. The molecule has 4 nitrogen and oxygen atoms in total. The zero-order valence-electron chi connectivity index (χ0n) is 6.46. The van der Waals surface area contributed by atoms with E-state index in [0.29, 0.717) is 4.70 Å². The van der Waals surface area contributed by atoms with Gasteiger partial charge < -0.3 is 5.73 Å². The lowest BCUT2D eigenvalue weighted by Crippen LogP contribution is -2.12. The Morgan fingerprint density at radius 3 is 2.64 bits per heavy atom. The van der Waals surface area contributed by atoms with Crippen LogP contribution in [0.4, 0.5) is 19.0 Å². The fraction of sp³-hybridized carbons (Fsp3) is 0.167. The fourth-order valence-corrected chi connectivity index (χ4v) is 1.42. The lowest BCUT2D eigenvalue weighted by molar-refractivity contribution is -0.144. The number of hydrogen-bond donors (Lipinski definition) is 1. The minimum Gasteiger partial charge on any atom is -0.382 e. The predicted molar refractivity (Wildman–Crippen MR) is 43.5 cm³/mol. The molecule has 0 bridgehead atoms. The van der Waals surface area contributed by atoms with Crippen LogP contribution >= 0.6 is 11.3 Å². The fourth-order valence-electron chi connectivity index (χ4n) is 0.868. The summed E-state index contributed by atoms with van der Waals surface area (Å²) in [5.74, 6) is -1.50. The molecule has 0 spiro atoms. The van der Waals surface area contributed by atoms with Crippen LogP contribution < -0.4 is 5.73 Å². The Balaban J connectivity index is 2.70. The number of halogens is 3. The van der Waals surface area contributed by atoms with Crippen LogP contribution in [-0.4, -0.2) is 15.0 Å². The van der Waals surface area contributed by atoms with E-state index in [4.69, 9.17) is 5.73 Å². The van der Waals surface area contributed by atoms with E-state index in [1.54, 1.807) is 0 Å². The monoisotopic (exact) mass is 219 g/mol. The van der Waals surface area contributed by atoms with Crippen molar-refractivity contribution in [3.8, 4) is 0 Å². The van der Waals surface area contributed by atoms with Crippen molar-refractivity contribution in [2.45, 2.75) is 6.18 Å². The van der Waals surface area contributed by atoms with Crippen molar-refractivity contribution >= 4 is 27.5 Å². The number of hydrogen-bond acceptors (Lipinski definition) is 5. The summed E-state index contributed by atoms with van der Waals surface area (Å²) < 4.78 is 36.9. The van der Waals surface area contributed by atoms with E-state index in [2.05, 4.69) is 20.5 Å². The topological polar surface area (TPSA) is 64.7 Å². The van der Waals surface area contributed by atoms with E-state index in [0.717, 1.165) is 11.3 Å². The maximum atomic E-state index is 12.2. The van der Waals surface area contributed by atoms with Gasteiger partial charge in [0.1, 0.15) is 10.5 Å². The van der Waals surface area contributed by atoms with E-state index in [1.807, 2.05) is 0 Å². The van der Waals surface area contributed by atoms with Crippen LogP contribution in [0.5, 0.6) is 0 Å². The smallest absolute Gasteiger partial charge is 0.382 e. The van der Waals surface area contributed by atoms with E-state index in [-0.39, 0.29) is 11.5 Å². The first-order valence-corrected chi connectivity index (χ1v) is 4.17. The molecule has 0 aliphatic carbocycles. The van der Waals surface area contributed by atoms with E-state index in [1.165, 1.54) is 0 Å². The van der Waals surface area contributed by atoms with Gasteiger partial charge in [0.2, 0.25) is 5.82 Å². The summed E-state index contributed by atoms with van der Waals surface area (Å²) in [6.07, 6.45) is -4.61. The standard InChI is InChI=1S/C6H2F3N4S/c7-6(8,9)5-12-3(10)2-4(13-5)11-1-14-2/h(H2,10,12,13). The second-order valence-corrected chi connectivity index (χ2v) is 3.18. The number of thiazole rings is 1. The maximum absolute atomic E-state index is 12.2. The van der Waals surface area contributed by atoms with Gasteiger partial charge >= 0.3 is 6.18 Å². The van der Waals surface area contributed by atoms with Gasteiger partial charge in [0.05, 0.1) is 0 Å². The van der Waals surface area contributed by atoms with Gasteiger partial charge in [0.25, 0.3) is 0 Å². The highest BCUT2D eigenvalue weighted by Crippen LogP contribution is 2.29. The average Bonchev–Trinajstić information content (AvgIpc) is 2.50. The number of rotatable bonds is 0. The molecule has 0 aromatic carbocycles. The molecule has 0 aliphatic rings. The highest BCUT2D eigenvalue weighted by atomic mass is 32.1. The number of nitrogens with two attached hydrogens (primary N) is 1. The first-order chi connectivity index (χ1) is 6.48. The van der Waals surface area contributed by atoms with Crippen molar-refractivity contribution in [2.75, 3.05) is 5.73 Å². The highest BCUT2D eigenvalue weighted by molar-refractivity contribution is 7.16. The second-order valence-electron chi connectivity index (χ2n) is 2.39.